The first kappa shape index (κ1) is 23.5. The Balaban J connectivity index is 2.70. The van der Waals surface area contributed by atoms with Crippen LogP contribution in [-0.2, 0) is 10.7 Å². The highest BCUT2D eigenvalue weighted by atomic mass is 35.5. The highest BCUT2D eigenvalue weighted by molar-refractivity contribution is 6.33. The topological polar surface area (TPSA) is 70.4 Å². The summed E-state index contributed by atoms with van der Waals surface area (Å²) in [5, 5.41) is -0.377. The Hall–Kier alpha value is -2.76. The Morgan fingerprint density at radius 1 is 1.20 bits per heavy atom. The molecule has 0 saturated heterocycles. The van der Waals surface area contributed by atoms with Crippen molar-refractivity contribution in [3.63, 3.8) is 0 Å². The Kier molecular flexibility index (Phi) is 6.70. The number of halogens is 7. The fraction of sp³-hybridized carbons (Fsp3) is 0.353. The number of hydrogen-bond acceptors (Lipinski definition) is 5. The number of hydrogen-bond donors (Lipinski definition) is 0. The maximum absolute atomic E-state index is 14.4. The molecule has 2 rings (SSSR count). The van der Waals surface area contributed by atoms with Crippen molar-refractivity contribution in [1.29, 1.82) is 0 Å². The molecule has 13 heteroatoms. The van der Waals surface area contributed by atoms with Crippen molar-refractivity contribution in [2.45, 2.75) is 25.4 Å². The average Bonchev–Trinajstić information content (AvgIpc) is 2.65. The minimum Gasteiger partial charge on any atom is -0.468 e. The van der Waals surface area contributed by atoms with E-state index in [1.54, 1.807) is 6.92 Å². The molecule has 0 spiro atoms. The summed E-state index contributed by atoms with van der Waals surface area (Å²) in [6.45, 7) is 1.72. The molecule has 0 unspecified atom stereocenters. The summed E-state index contributed by atoms with van der Waals surface area (Å²) in [6, 6.07) is 0.224. The molecule has 164 valence electrons. The number of benzene rings is 1. The Labute approximate surface area is 170 Å². The lowest BCUT2D eigenvalue weighted by Crippen LogP contribution is -2.37. The summed E-state index contributed by atoms with van der Waals surface area (Å²) in [5.41, 5.74) is -4.56. The van der Waals surface area contributed by atoms with Gasteiger partial charge in [-0.05, 0) is 18.6 Å². The van der Waals surface area contributed by atoms with Gasteiger partial charge in [0.2, 0.25) is 0 Å². The predicted molar refractivity (Wildman–Crippen MR) is 91.9 cm³/mol. The van der Waals surface area contributed by atoms with Crippen LogP contribution in [0, 0.1) is 5.82 Å². The fourth-order valence-electron chi connectivity index (χ4n) is 2.26. The first-order chi connectivity index (χ1) is 13.8. The highest BCUT2D eigenvalue weighted by Crippen LogP contribution is 2.43. The zero-order valence-electron chi connectivity index (χ0n) is 15.3. The Morgan fingerprint density at radius 2 is 1.83 bits per heavy atom. The SMILES string of the molecule is CCCOC(=O)c1cc(-n2c(OC)nc(C(F)(F)C(F)(F)F)cc2=O)c(F)cc1Cl. The van der Waals surface area contributed by atoms with E-state index in [1.807, 2.05) is 0 Å². The number of methoxy groups -OCH3 is 1. The molecule has 1 heterocycles. The van der Waals surface area contributed by atoms with Gasteiger partial charge in [-0.25, -0.2) is 13.8 Å². The molecule has 0 aliphatic heterocycles. The summed E-state index contributed by atoms with van der Waals surface area (Å²) >= 11 is 5.81. The standard InChI is InChI=1S/C17H13ClF6N2O4/c1-3-4-30-14(28)8-5-11(10(19)6-9(8)18)26-13(27)7-12(25-15(26)29-2)16(20,21)17(22,23)24/h5-7H,3-4H2,1-2H3. The molecule has 0 bridgehead atoms. The summed E-state index contributed by atoms with van der Waals surface area (Å²) in [5.74, 6) is -7.64. The van der Waals surface area contributed by atoms with Crippen LogP contribution < -0.4 is 10.3 Å². The summed E-state index contributed by atoms with van der Waals surface area (Å²) < 4.78 is 89.1. The third-order valence-corrected chi connectivity index (χ3v) is 4.00. The number of aromatic nitrogens is 2. The van der Waals surface area contributed by atoms with Gasteiger partial charge in [0.25, 0.3) is 5.56 Å². The molecule has 0 aliphatic rings. The minimum atomic E-state index is -6.04. The molecule has 0 aliphatic carbocycles. The maximum atomic E-state index is 14.4. The van der Waals surface area contributed by atoms with E-state index >= 15 is 0 Å². The maximum Gasteiger partial charge on any atom is 0.459 e. The van der Waals surface area contributed by atoms with E-state index in [4.69, 9.17) is 16.3 Å². The molecule has 1 aromatic carbocycles. The van der Waals surface area contributed by atoms with Gasteiger partial charge < -0.3 is 9.47 Å². The van der Waals surface area contributed by atoms with Crippen LogP contribution in [0.15, 0.2) is 23.0 Å². The van der Waals surface area contributed by atoms with E-state index in [0.717, 1.165) is 13.2 Å². The molecule has 0 amide bonds. The van der Waals surface area contributed by atoms with Crippen molar-refractivity contribution in [3.8, 4) is 11.7 Å². The first-order valence-electron chi connectivity index (χ1n) is 8.14. The second-order valence-electron chi connectivity index (χ2n) is 5.79. The quantitative estimate of drug-likeness (QED) is 0.478. The molecular weight excluding hydrogens is 446 g/mol. The monoisotopic (exact) mass is 458 g/mol. The number of carbonyl (C=O) groups is 1. The molecule has 0 radical (unpaired) electrons. The number of esters is 1. The molecule has 0 saturated carbocycles. The van der Waals surface area contributed by atoms with Crippen LogP contribution in [0.2, 0.25) is 5.02 Å². The van der Waals surface area contributed by atoms with Gasteiger partial charge in [0.15, 0.2) is 0 Å². The first-order valence-corrected chi connectivity index (χ1v) is 8.52. The van der Waals surface area contributed by atoms with Crippen LogP contribution in [0.4, 0.5) is 26.3 Å². The van der Waals surface area contributed by atoms with Crippen LogP contribution in [0.1, 0.15) is 29.4 Å². The van der Waals surface area contributed by atoms with Gasteiger partial charge in [0.1, 0.15) is 11.5 Å². The van der Waals surface area contributed by atoms with Crippen molar-refractivity contribution in [3.05, 3.63) is 50.7 Å². The van der Waals surface area contributed by atoms with E-state index in [-0.39, 0.29) is 27.8 Å². The second-order valence-corrected chi connectivity index (χ2v) is 6.20. The zero-order valence-corrected chi connectivity index (χ0v) is 16.1. The van der Waals surface area contributed by atoms with Crippen LogP contribution >= 0.6 is 11.6 Å². The lowest BCUT2D eigenvalue weighted by Gasteiger charge is -2.20. The second kappa shape index (κ2) is 8.54. The van der Waals surface area contributed by atoms with Gasteiger partial charge in [-0.1, -0.05) is 18.5 Å². The number of carbonyl (C=O) groups excluding carboxylic acids is 1. The van der Waals surface area contributed by atoms with Crippen molar-refractivity contribution in [2.75, 3.05) is 13.7 Å². The van der Waals surface area contributed by atoms with Gasteiger partial charge in [-0.3, -0.25) is 4.79 Å². The Bertz CT molecular complexity index is 1020. The summed E-state index contributed by atoms with van der Waals surface area (Å²) in [7, 11) is 0.817. The van der Waals surface area contributed by atoms with E-state index in [1.165, 1.54) is 0 Å². The summed E-state index contributed by atoms with van der Waals surface area (Å²) in [6.07, 6.45) is -5.57. The predicted octanol–water partition coefficient (Wildman–Crippen LogP) is 4.25. The molecule has 0 atom stereocenters. The molecule has 30 heavy (non-hydrogen) atoms. The summed E-state index contributed by atoms with van der Waals surface area (Å²) in [4.78, 5) is 27.4. The molecule has 6 nitrogen and oxygen atoms in total. The van der Waals surface area contributed by atoms with E-state index in [0.29, 0.717) is 12.5 Å². The third-order valence-electron chi connectivity index (χ3n) is 3.68. The van der Waals surface area contributed by atoms with Crippen LogP contribution in [0.5, 0.6) is 6.01 Å². The number of alkyl halides is 5. The van der Waals surface area contributed by atoms with E-state index < -0.39 is 46.8 Å². The normalized spacial score (nSPS) is 12.0. The van der Waals surface area contributed by atoms with Crippen LogP contribution in [0.25, 0.3) is 5.69 Å². The Morgan fingerprint density at radius 3 is 2.37 bits per heavy atom. The number of ether oxygens (including phenoxy) is 2. The van der Waals surface area contributed by atoms with Gasteiger partial charge in [0.05, 0.1) is 30.0 Å². The molecule has 2 aromatic rings. The van der Waals surface area contributed by atoms with Gasteiger partial charge in [-0.15, -0.1) is 0 Å². The van der Waals surface area contributed by atoms with Gasteiger partial charge in [0, 0.05) is 6.07 Å². The number of rotatable bonds is 6. The third kappa shape index (κ3) is 4.37. The van der Waals surface area contributed by atoms with E-state index in [2.05, 4.69) is 9.72 Å². The highest BCUT2D eigenvalue weighted by Gasteiger charge is 2.60. The van der Waals surface area contributed by atoms with E-state index in [9.17, 15) is 35.9 Å². The van der Waals surface area contributed by atoms with Crippen molar-refractivity contribution >= 4 is 17.6 Å². The lowest BCUT2D eigenvalue weighted by atomic mass is 10.1. The average molecular weight is 459 g/mol. The molecule has 0 fully saturated rings. The molecular formula is C17H13ClF6N2O4. The number of nitrogens with zero attached hydrogens (tertiary/aromatic N) is 2. The zero-order chi connectivity index (χ0) is 22.9. The van der Waals surface area contributed by atoms with Crippen LogP contribution in [0.3, 0.4) is 0 Å². The van der Waals surface area contributed by atoms with Gasteiger partial charge in [-0.2, -0.15) is 26.9 Å². The fourth-order valence-corrected chi connectivity index (χ4v) is 2.49. The van der Waals surface area contributed by atoms with Crippen molar-refractivity contribution in [1.82, 2.24) is 9.55 Å². The molecule has 0 N–H and O–H groups in total. The lowest BCUT2D eigenvalue weighted by molar-refractivity contribution is -0.291. The minimum absolute atomic E-state index is 0.00786. The van der Waals surface area contributed by atoms with Crippen molar-refractivity contribution < 1.29 is 40.6 Å². The smallest absolute Gasteiger partial charge is 0.459 e. The van der Waals surface area contributed by atoms with Crippen molar-refractivity contribution in [2.24, 2.45) is 0 Å². The largest absolute Gasteiger partial charge is 0.468 e. The van der Waals surface area contributed by atoms with Crippen LogP contribution in [-0.4, -0.2) is 35.4 Å². The van der Waals surface area contributed by atoms with Gasteiger partial charge >= 0.3 is 24.1 Å². The molecule has 1 aromatic heterocycles.